The van der Waals surface area contributed by atoms with Gasteiger partial charge < -0.3 is 0 Å². The number of carbonyl (C=O) groups excluding carboxylic acids is 4. The van der Waals surface area contributed by atoms with Gasteiger partial charge in [-0.25, -0.2) is 9.40 Å². The number of carbonyl (C=O) groups is 4. The number of imide groups is 1. The molecular weight excluding hydrogens is 435 g/mol. The van der Waals surface area contributed by atoms with E-state index in [1.807, 2.05) is 12.2 Å². The summed E-state index contributed by atoms with van der Waals surface area (Å²) in [6.45, 7) is -0.560. The average molecular weight is 453 g/mol. The quantitative estimate of drug-likeness (QED) is 0.395. The van der Waals surface area contributed by atoms with Crippen molar-refractivity contribution in [2.75, 3.05) is 6.54 Å². The van der Waals surface area contributed by atoms with Gasteiger partial charge in [-0.05, 0) is 54.7 Å². The fraction of sp³-hybridized carbons (Fsp3) is 0.250. The lowest BCUT2D eigenvalue weighted by atomic mass is 9.85. The van der Waals surface area contributed by atoms with Crippen LogP contribution in [0, 0.1) is 29.5 Å². The molecule has 2 aromatic carbocycles. The van der Waals surface area contributed by atoms with Gasteiger partial charge in [-0.2, -0.15) is 5.01 Å². The van der Waals surface area contributed by atoms with Crippen molar-refractivity contribution in [3.8, 4) is 0 Å². The Balaban J connectivity index is 1.51. The summed E-state index contributed by atoms with van der Waals surface area (Å²) in [4.78, 5) is 53.0. The summed E-state index contributed by atoms with van der Waals surface area (Å²) in [5.74, 6) is -3.88. The summed E-state index contributed by atoms with van der Waals surface area (Å²) in [6.07, 6.45) is 4.64. The number of hydrogen-bond donors (Lipinski definition) is 0. The van der Waals surface area contributed by atoms with Crippen molar-refractivity contribution < 1.29 is 23.6 Å². The first-order valence-electron chi connectivity index (χ1n) is 10.3. The number of rotatable bonds is 5. The van der Waals surface area contributed by atoms with Crippen LogP contribution in [0.4, 0.5) is 4.39 Å². The zero-order valence-electron chi connectivity index (χ0n) is 16.8. The largest absolute Gasteiger partial charge is 0.292 e. The van der Waals surface area contributed by atoms with E-state index in [1.54, 1.807) is 12.1 Å². The molecule has 0 spiro atoms. The predicted molar refractivity (Wildman–Crippen MR) is 113 cm³/mol. The second kappa shape index (κ2) is 7.67. The lowest BCUT2D eigenvalue weighted by Crippen LogP contribution is -2.52. The molecule has 2 fully saturated rings. The Labute approximate surface area is 188 Å². The van der Waals surface area contributed by atoms with Crippen LogP contribution in [0.15, 0.2) is 60.7 Å². The molecule has 5 rings (SSSR count). The third kappa shape index (κ3) is 3.15. The highest BCUT2D eigenvalue weighted by molar-refractivity contribution is 6.34. The molecule has 32 heavy (non-hydrogen) atoms. The van der Waals surface area contributed by atoms with Gasteiger partial charge in [0.15, 0.2) is 5.78 Å². The molecule has 2 bridgehead atoms. The first-order valence-corrected chi connectivity index (χ1v) is 10.7. The number of ketones is 1. The zero-order valence-corrected chi connectivity index (χ0v) is 17.5. The highest BCUT2D eigenvalue weighted by atomic mass is 35.5. The topological polar surface area (TPSA) is 74.8 Å². The van der Waals surface area contributed by atoms with Gasteiger partial charge in [-0.1, -0.05) is 35.9 Å². The van der Waals surface area contributed by atoms with Gasteiger partial charge in [-0.3, -0.25) is 19.2 Å². The minimum absolute atomic E-state index is 0.0449. The lowest BCUT2D eigenvalue weighted by molar-refractivity contribution is -0.154. The van der Waals surface area contributed by atoms with Crippen LogP contribution in [0.1, 0.15) is 27.1 Å². The zero-order chi connectivity index (χ0) is 22.6. The lowest BCUT2D eigenvalue weighted by Gasteiger charge is -2.31. The Hall–Kier alpha value is -3.32. The molecule has 0 N–H and O–H groups in total. The van der Waals surface area contributed by atoms with Crippen LogP contribution in [0.25, 0.3) is 0 Å². The van der Waals surface area contributed by atoms with E-state index in [0.717, 1.165) is 28.6 Å². The van der Waals surface area contributed by atoms with Crippen LogP contribution in [0.2, 0.25) is 5.02 Å². The monoisotopic (exact) mass is 452 g/mol. The smallest absolute Gasteiger partial charge is 0.274 e. The normalized spacial score (nSPS) is 25.4. The van der Waals surface area contributed by atoms with E-state index >= 15 is 0 Å². The minimum atomic E-state index is -0.729. The second-order valence-electron chi connectivity index (χ2n) is 8.26. The van der Waals surface area contributed by atoms with Crippen LogP contribution in [-0.2, 0) is 9.59 Å². The molecule has 2 aliphatic carbocycles. The fourth-order valence-electron chi connectivity index (χ4n) is 4.99. The molecular formula is C24H18ClFN2O4. The van der Waals surface area contributed by atoms with Gasteiger partial charge >= 0.3 is 0 Å². The van der Waals surface area contributed by atoms with Gasteiger partial charge in [0.2, 0.25) is 0 Å². The van der Waals surface area contributed by atoms with Crippen LogP contribution in [0.5, 0.6) is 0 Å². The van der Waals surface area contributed by atoms with Crippen molar-refractivity contribution in [1.82, 2.24) is 10.0 Å². The summed E-state index contributed by atoms with van der Waals surface area (Å²) in [6, 6.07) is 11.1. The van der Waals surface area contributed by atoms with E-state index in [0.29, 0.717) is 0 Å². The van der Waals surface area contributed by atoms with E-state index in [2.05, 4.69) is 0 Å². The molecule has 0 aromatic heterocycles. The van der Waals surface area contributed by atoms with Crippen molar-refractivity contribution in [2.24, 2.45) is 23.7 Å². The van der Waals surface area contributed by atoms with Crippen LogP contribution >= 0.6 is 11.6 Å². The van der Waals surface area contributed by atoms with E-state index in [-0.39, 0.29) is 28.0 Å². The summed E-state index contributed by atoms with van der Waals surface area (Å²) >= 11 is 6.19. The van der Waals surface area contributed by atoms with Crippen LogP contribution in [-0.4, -0.2) is 40.1 Å². The number of allylic oxidation sites excluding steroid dienone is 2. The molecule has 4 atom stereocenters. The molecule has 0 unspecified atom stereocenters. The third-order valence-corrected chi connectivity index (χ3v) is 6.82. The van der Waals surface area contributed by atoms with Gasteiger partial charge in [0.05, 0.1) is 22.4 Å². The van der Waals surface area contributed by atoms with E-state index in [9.17, 15) is 23.6 Å². The molecule has 3 amide bonds. The third-order valence-electron chi connectivity index (χ3n) is 6.49. The van der Waals surface area contributed by atoms with Crippen molar-refractivity contribution >= 4 is 35.1 Å². The second-order valence-corrected chi connectivity index (χ2v) is 8.67. The Morgan fingerprint density at radius 2 is 1.56 bits per heavy atom. The average Bonchev–Trinajstić information content (AvgIpc) is 3.46. The van der Waals surface area contributed by atoms with Gasteiger partial charge in [0, 0.05) is 5.56 Å². The molecule has 162 valence electrons. The van der Waals surface area contributed by atoms with E-state index in [1.165, 1.54) is 24.3 Å². The summed E-state index contributed by atoms with van der Waals surface area (Å²) < 4.78 is 13.3. The summed E-state index contributed by atoms with van der Waals surface area (Å²) in [5, 5.41) is 1.85. The Bertz CT molecular complexity index is 1150. The van der Waals surface area contributed by atoms with Crippen LogP contribution in [0.3, 0.4) is 0 Å². The minimum Gasteiger partial charge on any atom is -0.292 e. The number of nitrogens with zero attached hydrogens (tertiary/aromatic N) is 2. The molecule has 8 heteroatoms. The number of benzene rings is 2. The highest BCUT2D eigenvalue weighted by Crippen LogP contribution is 2.52. The number of amides is 3. The number of Topliss-reactive ketones (excluding diaryl/α,β-unsaturated/α-hetero) is 1. The summed E-state index contributed by atoms with van der Waals surface area (Å²) in [7, 11) is 0. The Morgan fingerprint density at radius 3 is 2.16 bits per heavy atom. The van der Waals surface area contributed by atoms with E-state index in [4.69, 9.17) is 11.6 Å². The van der Waals surface area contributed by atoms with Gasteiger partial charge in [0.25, 0.3) is 17.7 Å². The highest BCUT2D eigenvalue weighted by Gasteiger charge is 2.61. The maximum Gasteiger partial charge on any atom is 0.274 e. The fourth-order valence-corrected chi connectivity index (χ4v) is 5.21. The van der Waals surface area contributed by atoms with Gasteiger partial charge in [0.1, 0.15) is 12.4 Å². The van der Waals surface area contributed by atoms with Crippen molar-refractivity contribution in [1.29, 1.82) is 0 Å². The Morgan fingerprint density at radius 1 is 0.969 bits per heavy atom. The van der Waals surface area contributed by atoms with Gasteiger partial charge in [-0.15, -0.1) is 0 Å². The molecule has 6 nitrogen and oxygen atoms in total. The summed E-state index contributed by atoms with van der Waals surface area (Å²) in [5.41, 5.74) is 0.226. The SMILES string of the molecule is O=C(CN(C(=O)c1ccccc1Cl)N1C(=O)[C@@H]2[C@@H](C1=O)[C@H]1C=C[C@H]2C1)c1ccc(F)cc1. The number of halogens is 2. The molecule has 3 aliphatic rings. The molecule has 1 aliphatic heterocycles. The predicted octanol–water partition coefficient (Wildman–Crippen LogP) is 3.53. The number of hydrazine groups is 1. The van der Waals surface area contributed by atoms with Crippen LogP contribution < -0.4 is 0 Å². The van der Waals surface area contributed by atoms with Crippen molar-refractivity contribution in [3.63, 3.8) is 0 Å². The molecule has 1 heterocycles. The molecule has 2 aromatic rings. The number of hydrogen-bond acceptors (Lipinski definition) is 4. The Kier molecular flexibility index (Phi) is 4.93. The molecule has 1 saturated heterocycles. The van der Waals surface area contributed by atoms with Crippen molar-refractivity contribution in [3.05, 3.63) is 82.6 Å². The first-order chi connectivity index (χ1) is 15.4. The molecule has 1 saturated carbocycles. The maximum atomic E-state index is 13.4. The standard InChI is InChI=1S/C24H18ClFN2O4/c25-18-4-2-1-3-17(18)22(30)27(12-19(29)13-7-9-16(26)10-8-13)28-23(31)20-14-5-6-15(11-14)21(20)24(28)32/h1-10,14-15,20-21H,11-12H2/t14-,15-,20-,21-/m0/s1. The molecule has 0 radical (unpaired) electrons. The first kappa shape index (κ1) is 20.6. The number of fused-ring (bicyclic) bond motifs is 5. The van der Waals surface area contributed by atoms with E-state index < -0.39 is 47.7 Å². The van der Waals surface area contributed by atoms with Crippen molar-refractivity contribution in [2.45, 2.75) is 6.42 Å². The maximum absolute atomic E-state index is 13.4.